The van der Waals surface area contributed by atoms with Gasteiger partial charge in [0.25, 0.3) is 0 Å². The smallest absolute Gasteiger partial charge is 0.226 e. The van der Waals surface area contributed by atoms with E-state index in [1.165, 1.54) is 32.1 Å². The molecule has 0 aromatic carbocycles. The molecule has 0 saturated heterocycles. The fourth-order valence-corrected chi connectivity index (χ4v) is 2.28. The lowest BCUT2D eigenvalue weighted by atomic mass is 9.95. The van der Waals surface area contributed by atoms with Gasteiger partial charge in [0.1, 0.15) is 5.82 Å². The van der Waals surface area contributed by atoms with Crippen molar-refractivity contribution in [2.45, 2.75) is 45.1 Å². The Labute approximate surface area is 103 Å². The molecule has 1 fully saturated rings. The molecule has 1 aliphatic carbocycles. The lowest BCUT2D eigenvalue weighted by Gasteiger charge is -2.24. The number of hydrogen-bond acceptors (Lipinski definition) is 4. The predicted molar refractivity (Wildman–Crippen MR) is 71.6 cm³/mol. The molecule has 2 rings (SSSR count). The maximum absolute atomic E-state index is 4.53. The van der Waals surface area contributed by atoms with Crippen molar-refractivity contribution in [3.8, 4) is 0 Å². The Balaban J connectivity index is 2.09. The summed E-state index contributed by atoms with van der Waals surface area (Å²) in [7, 11) is 3.94. The molecule has 4 nitrogen and oxygen atoms in total. The minimum atomic E-state index is 0.591. The van der Waals surface area contributed by atoms with Gasteiger partial charge in [0, 0.05) is 31.9 Å². The SMILES string of the molecule is Cc1cc(NC2CCCCC2)nc(N(C)C)n1. The molecule has 17 heavy (non-hydrogen) atoms. The van der Waals surface area contributed by atoms with E-state index in [0.29, 0.717) is 6.04 Å². The van der Waals surface area contributed by atoms with Crippen LogP contribution in [-0.4, -0.2) is 30.1 Å². The number of nitrogens with zero attached hydrogens (tertiary/aromatic N) is 3. The van der Waals surface area contributed by atoms with Gasteiger partial charge in [0.2, 0.25) is 5.95 Å². The highest BCUT2D eigenvalue weighted by Gasteiger charge is 2.14. The van der Waals surface area contributed by atoms with Crippen LogP contribution in [0.3, 0.4) is 0 Å². The third kappa shape index (κ3) is 3.32. The molecule has 0 spiro atoms. The Morgan fingerprint density at radius 3 is 2.53 bits per heavy atom. The molecule has 0 amide bonds. The van der Waals surface area contributed by atoms with Gasteiger partial charge in [-0.2, -0.15) is 4.98 Å². The van der Waals surface area contributed by atoms with Crippen molar-refractivity contribution in [1.29, 1.82) is 0 Å². The van der Waals surface area contributed by atoms with Crippen molar-refractivity contribution in [2.75, 3.05) is 24.3 Å². The minimum Gasteiger partial charge on any atom is -0.367 e. The molecule has 1 aromatic heterocycles. The maximum atomic E-state index is 4.53. The van der Waals surface area contributed by atoms with Crippen molar-refractivity contribution >= 4 is 11.8 Å². The second-order valence-corrected chi connectivity index (χ2v) is 5.07. The first kappa shape index (κ1) is 12.1. The normalized spacial score (nSPS) is 16.9. The summed E-state index contributed by atoms with van der Waals surface area (Å²) in [5.41, 5.74) is 1.02. The molecule has 0 aliphatic heterocycles. The molecule has 1 aliphatic rings. The Hall–Kier alpha value is -1.32. The van der Waals surface area contributed by atoms with Crippen molar-refractivity contribution in [3.05, 3.63) is 11.8 Å². The van der Waals surface area contributed by atoms with Crippen LogP contribution in [-0.2, 0) is 0 Å². The second kappa shape index (κ2) is 5.34. The monoisotopic (exact) mass is 234 g/mol. The average Bonchev–Trinajstić information content (AvgIpc) is 2.29. The van der Waals surface area contributed by atoms with E-state index < -0.39 is 0 Å². The van der Waals surface area contributed by atoms with E-state index in [4.69, 9.17) is 0 Å². The highest BCUT2D eigenvalue weighted by molar-refractivity contribution is 5.43. The maximum Gasteiger partial charge on any atom is 0.226 e. The lowest BCUT2D eigenvalue weighted by molar-refractivity contribution is 0.462. The molecule has 0 unspecified atom stereocenters. The van der Waals surface area contributed by atoms with Gasteiger partial charge >= 0.3 is 0 Å². The zero-order valence-corrected chi connectivity index (χ0v) is 11.0. The van der Waals surface area contributed by atoms with Crippen molar-refractivity contribution in [1.82, 2.24) is 9.97 Å². The number of anilines is 2. The van der Waals surface area contributed by atoms with Crippen LogP contribution in [0, 0.1) is 6.92 Å². The summed E-state index contributed by atoms with van der Waals surface area (Å²) in [4.78, 5) is 10.9. The van der Waals surface area contributed by atoms with E-state index in [9.17, 15) is 0 Å². The first-order valence-corrected chi connectivity index (χ1v) is 6.44. The average molecular weight is 234 g/mol. The third-order valence-electron chi connectivity index (χ3n) is 3.20. The van der Waals surface area contributed by atoms with Crippen molar-refractivity contribution in [3.63, 3.8) is 0 Å². The number of aromatic nitrogens is 2. The molecule has 0 radical (unpaired) electrons. The molecular weight excluding hydrogens is 212 g/mol. The third-order valence-corrected chi connectivity index (χ3v) is 3.20. The summed E-state index contributed by atoms with van der Waals surface area (Å²) < 4.78 is 0. The van der Waals surface area contributed by atoms with E-state index in [-0.39, 0.29) is 0 Å². The zero-order valence-electron chi connectivity index (χ0n) is 11.0. The number of rotatable bonds is 3. The summed E-state index contributed by atoms with van der Waals surface area (Å²) >= 11 is 0. The summed E-state index contributed by atoms with van der Waals surface area (Å²) in [5, 5.41) is 3.54. The van der Waals surface area contributed by atoms with Gasteiger partial charge < -0.3 is 10.2 Å². The molecule has 0 bridgehead atoms. The molecule has 1 heterocycles. The summed E-state index contributed by atoms with van der Waals surface area (Å²) in [6.07, 6.45) is 6.58. The van der Waals surface area contributed by atoms with Crippen LogP contribution < -0.4 is 10.2 Å². The Bertz CT molecular complexity index is 370. The number of nitrogens with one attached hydrogen (secondary N) is 1. The second-order valence-electron chi connectivity index (χ2n) is 5.07. The Morgan fingerprint density at radius 2 is 1.88 bits per heavy atom. The molecule has 1 N–H and O–H groups in total. The van der Waals surface area contributed by atoms with Gasteiger partial charge in [-0.25, -0.2) is 4.98 Å². The topological polar surface area (TPSA) is 41.1 Å². The molecule has 1 saturated carbocycles. The van der Waals surface area contributed by atoms with E-state index in [0.717, 1.165) is 17.5 Å². The van der Waals surface area contributed by atoms with E-state index in [1.54, 1.807) is 0 Å². The molecule has 1 aromatic rings. The fourth-order valence-electron chi connectivity index (χ4n) is 2.28. The van der Waals surface area contributed by atoms with Crippen LogP contribution >= 0.6 is 0 Å². The quantitative estimate of drug-likeness (QED) is 0.872. The first-order valence-electron chi connectivity index (χ1n) is 6.44. The van der Waals surface area contributed by atoms with Crippen LogP contribution in [0.25, 0.3) is 0 Å². The highest BCUT2D eigenvalue weighted by atomic mass is 15.2. The Morgan fingerprint density at radius 1 is 1.18 bits per heavy atom. The highest BCUT2D eigenvalue weighted by Crippen LogP contribution is 2.21. The summed E-state index contributed by atoms with van der Waals surface area (Å²) in [6, 6.07) is 2.62. The van der Waals surface area contributed by atoms with Crippen LogP contribution in [0.5, 0.6) is 0 Å². The first-order chi connectivity index (χ1) is 8.15. The van der Waals surface area contributed by atoms with E-state index in [2.05, 4.69) is 15.3 Å². The van der Waals surface area contributed by atoms with Crippen molar-refractivity contribution in [2.24, 2.45) is 0 Å². The summed E-state index contributed by atoms with van der Waals surface area (Å²) in [5.74, 6) is 1.75. The molecule has 0 atom stereocenters. The van der Waals surface area contributed by atoms with Gasteiger partial charge in [-0.3, -0.25) is 0 Å². The van der Waals surface area contributed by atoms with Crippen LogP contribution in [0.15, 0.2) is 6.07 Å². The van der Waals surface area contributed by atoms with Gasteiger partial charge in [-0.1, -0.05) is 19.3 Å². The molecular formula is C13H22N4. The molecule has 4 heteroatoms. The zero-order chi connectivity index (χ0) is 12.3. The predicted octanol–water partition coefficient (Wildman–Crippen LogP) is 2.60. The van der Waals surface area contributed by atoms with Crippen LogP contribution in [0.1, 0.15) is 37.8 Å². The summed E-state index contributed by atoms with van der Waals surface area (Å²) in [6.45, 7) is 2.01. The van der Waals surface area contributed by atoms with Gasteiger partial charge in [0.15, 0.2) is 0 Å². The van der Waals surface area contributed by atoms with Crippen LogP contribution in [0.4, 0.5) is 11.8 Å². The van der Waals surface area contributed by atoms with Gasteiger partial charge in [-0.05, 0) is 19.8 Å². The number of aryl methyl sites for hydroxylation is 1. The fraction of sp³-hybridized carbons (Fsp3) is 0.692. The van der Waals surface area contributed by atoms with E-state index in [1.807, 2.05) is 32.0 Å². The largest absolute Gasteiger partial charge is 0.367 e. The van der Waals surface area contributed by atoms with Crippen LogP contribution in [0.2, 0.25) is 0 Å². The Kier molecular flexibility index (Phi) is 3.82. The van der Waals surface area contributed by atoms with Crippen molar-refractivity contribution < 1.29 is 0 Å². The number of hydrogen-bond donors (Lipinski definition) is 1. The van der Waals surface area contributed by atoms with Gasteiger partial charge in [-0.15, -0.1) is 0 Å². The standard InChI is InChI=1S/C13H22N4/c1-10-9-12(16-13(14-10)17(2)3)15-11-7-5-4-6-8-11/h9,11H,4-8H2,1-3H3,(H,14,15,16). The van der Waals surface area contributed by atoms with E-state index >= 15 is 0 Å². The minimum absolute atomic E-state index is 0.591. The molecule has 94 valence electrons. The lowest BCUT2D eigenvalue weighted by Crippen LogP contribution is -2.23. The van der Waals surface area contributed by atoms with Gasteiger partial charge in [0.05, 0.1) is 0 Å².